The molecule has 0 radical (unpaired) electrons. The fourth-order valence-corrected chi connectivity index (χ4v) is 3.92. The predicted molar refractivity (Wildman–Crippen MR) is 93.2 cm³/mol. The maximum absolute atomic E-state index is 13.0. The molecule has 0 saturated carbocycles. The lowest BCUT2D eigenvalue weighted by Crippen LogP contribution is -2.44. The van der Waals surface area contributed by atoms with Gasteiger partial charge < -0.3 is 15.2 Å². The zero-order valence-electron chi connectivity index (χ0n) is 14.3. The van der Waals surface area contributed by atoms with Gasteiger partial charge >= 0.3 is 0 Å². The lowest BCUT2D eigenvalue weighted by atomic mass is 9.70. The molecule has 126 valence electrons. The zero-order chi connectivity index (χ0) is 18.0. The third-order valence-corrected chi connectivity index (χ3v) is 4.98. The summed E-state index contributed by atoms with van der Waals surface area (Å²) in [5, 5.41) is 15.5. The number of benzene rings is 1. The summed E-state index contributed by atoms with van der Waals surface area (Å²) in [6, 6.07) is 9.57. The highest BCUT2D eigenvalue weighted by atomic mass is 16.2. The number of carbonyl (C=O) groups excluding carboxylic acids is 2. The minimum absolute atomic E-state index is 0.00825. The van der Waals surface area contributed by atoms with Gasteiger partial charge in [-0.25, -0.2) is 0 Å². The summed E-state index contributed by atoms with van der Waals surface area (Å²) in [6.45, 7) is 5.97. The largest absolute Gasteiger partial charge is 0.328 e. The van der Waals surface area contributed by atoms with Gasteiger partial charge in [0.05, 0.1) is 5.56 Å². The van der Waals surface area contributed by atoms with Gasteiger partial charge in [-0.2, -0.15) is 5.26 Å². The number of carbonyl (C=O) groups is 2. The summed E-state index contributed by atoms with van der Waals surface area (Å²) in [4.78, 5) is 25.6. The van der Waals surface area contributed by atoms with Gasteiger partial charge in [0.25, 0.3) is 0 Å². The summed E-state index contributed by atoms with van der Waals surface area (Å²) in [5.41, 5.74) is 0.943. The first-order valence-electron chi connectivity index (χ1n) is 8.16. The zero-order valence-corrected chi connectivity index (χ0v) is 14.3. The standard InChI is InChI=1S/C19H18N4O2/c1-18(2,3)23-10-11(9-20)15-16(23)22-14(24)8-19(15)12-6-4-5-7-13(12)21-17(19)25/h4-7,10H,8H2,1-3H3,(H,21,25)(H,22,24)/t19-/m0/s1. The number of hydrogen-bond acceptors (Lipinski definition) is 3. The molecule has 0 unspecified atom stereocenters. The van der Waals surface area contributed by atoms with Crippen LogP contribution >= 0.6 is 0 Å². The van der Waals surface area contributed by atoms with E-state index in [1.165, 1.54) is 0 Å². The number of para-hydroxylation sites is 1. The Kier molecular flexibility index (Phi) is 2.92. The van der Waals surface area contributed by atoms with Crippen molar-refractivity contribution in [2.24, 2.45) is 0 Å². The van der Waals surface area contributed by atoms with E-state index in [4.69, 9.17) is 0 Å². The third-order valence-electron chi connectivity index (χ3n) is 4.98. The number of rotatable bonds is 0. The Balaban J connectivity index is 2.11. The van der Waals surface area contributed by atoms with E-state index in [9.17, 15) is 14.9 Å². The number of nitriles is 1. The quantitative estimate of drug-likeness (QED) is 0.776. The molecular formula is C19H18N4O2. The molecule has 0 fully saturated rings. The summed E-state index contributed by atoms with van der Waals surface area (Å²) < 4.78 is 1.87. The maximum Gasteiger partial charge on any atom is 0.240 e. The lowest BCUT2D eigenvalue weighted by Gasteiger charge is -2.34. The second kappa shape index (κ2) is 4.73. The number of hydrogen-bond donors (Lipinski definition) is 2. The molecule has 25 heavy (non-hydrogen) atoms. The molecule has 2 aliphatic rings. The first-order chi connectivity index (χ1) is 11.8. The van der Waals surface area contributed by atoms with Crippen LogP contribution in [0.5, 0.6) is 0 Å². The average Bonchev–Trinajstić information content (AvgIpc) is 3.04. The monoisotopic (exact) mass is 334 g/mol. The molecule has 1 aromatic heterocycles. The molecular weight excluding hydrogens is 316 g/mol. The maximum atomic E-state index is 13.0. The van der Waals surface area contributed by atoms with Gasteiger partial charge in [0.2, 0.25) is 11.8 Å². The Bertz CT molecular complexity index is 974. The van der Waals surface area contributed by atoms with E-state index in [1.54, 1.807) is 6.20 Å². The molecule has 2 amide bonds. The predicted octanol–water partition coefficient (Wildman–Crippen LogP) is 2.70. The topological polar surface area (TPSA) is 86.9 Å². The van der Waals surface area contributed by atoms with Crippen LogP contribution in [0.15, 0.2) is 30.5 Å². The Morgan fingerprint density at radius 2 is 1.92 bits per heavy atom. The highest BCUT2D eigenvalue weighted by Crippen LogP contribution is 2.52. The molecule has 2 aliphatic heterocycles. The molecule has 2 N–H and O–H groups in total. The van der Waals surface area contributed by atoms with Crippen molar-refractivity contribution in [1.29, 1.82) is 5.26 Å². The summed E-state index contributed by atoms with van der Waals surface area (Å²) >= 11 is 0. The van der Waals surface area contributed by atoms with Gasteiger partial charge in [-0.1, -0.05) is 18.2 Å². The van der Waals surface area contributed by atoms with Gasteiger partial charge in [0.15, 0.2) is 0 Å². The van der Waals surface area contributed by atoms with E-state index in [2.05, 4.69) is 16.7 Å². The minimum Gasteiger partial charge on any atom is -0.328 e. The average molecular weight is 334 g/mol. The number of amides is 2. The van der Waals surface area contributed by atoms with Crippen LogP contribution in [0, 0.1) is 11.3 Å². The fourth-order valence-electron chi connectivity index (χ4n) is 3.92. The van der Waals surface area contributed by atoms with Gasteiger partial charge in [-0.05, 0) is 32.4 Å². The van der Waals surface area contributed by atoms with E-state index in [-0.39, 0.29) is 23.8 Å². The van der Waals surface area contributed by atoms with Crippen LogP contribution in [0.1, 0.15) is 43.9 Å². The van der Waals surface area contributed by atoms with Gasteiger partial charge in [-0.15, -0.1) is 0 Å². The van der Waals surface area contributed by atoms with Crippen LogP contribution in [0.2, 0.25) is 0 Å². The second-order valence-corrected chi connectivity index (χ2v) is 7.55. The van der Waals surface area contributed by atoms with Crippen LogP contribution < -0.4 is 10.6 Å². The van der Waals surface area contributed by atoms with Gasteiger partial charge in [-0.3, -0.25) is 9.59 Å². The van der Waals surface area contributed by atoms with Crippen molar-refractivity contribution in [3.05, 3.63) is 47.2 Å². The molecule has 1 aromatic carbocycles. The van der Waals surface area contributed by atoms with Crippen molar-refractivity contribution in [3.63, 3.8) is 0 Å². The van der Waals surface area contributed by atoms with Crippen LogP contribution in [0.3, 0.4) is 0 Å². The second-order valence-electron chi connectivity index (χ2n) is 7.55. The first kappa shape index (κ1) is 15.5. The van der Waals surface area contributed by atoms with E-state index < -0.39 is 5.41 Å². The van der Waals surface area contributed by atoms with E-state index in [0.717, 1.165) is 5.56 Å². The van der Waals surface area contributed by atoms with Crippen LogP contribution in [0.4, 0.5) is 11.5 Å². The van der Waals surface area contributed by atoms with E-state index in [0.29, 0.717) is 22.6 Å². The molecule has 3 heterocycles. The fraction of sp³-hybridized carbons (Fsp3) is 0.316. The molecule has 0 bridgehead atoms. The number of nitrogens with zero attached hydrogens (tertiary/aromatic N) is 2. The molecule has 1 atom stereocenters. The van der Waals surface area contributed by atoms with Crippen LogP contribution in [0.25, 0.3) is 0 Å². The van der Waals surface area contributed by atoms with Crippen molar-refractivity contribution in [2.75, 3.05) is 10.6 Å². The first-order valence-corrected chi connectivity index (χ1v) is 8.16. The van der Waals surface area contributed by atoms with Gasteiger partial charge in [0, 0.05) is 29.4 Å². The molecule has 4 rings (SSSR count). The number of anilines is 2. The molecule has 0 saturated heterocycles. The minimum atomic E-state index is -1.16. The van der Waals surface area contributed by atoms with Crippen molar-refractivity contribution >= 4 is 23.3 Å². The number of nitrogens with one attached hydrogen (secondary N) is 2. The van der Waals surface area contributed by atoms with Crippen molar-refractivity contribution < 1.29 is 9.59 Å². The van der Waals surface area contributed by atoms with Crippen molar-refractivity contribution in [1.82, 2.24) is 4.57 Å². The third kappa shape index (κ3) is 1.89. The molecule has 6 nitrogen and oxygen atoms in total. The van der Waals surface area contributed by atoms with E-state index in [1.807, 2.05) is 49.6 Å². The highest BCUT2D eigenvalue weighted by molar-refractivity contribution is 6.15. The normalized spacial score (nSPS) is 21.4. The highest BCUT2D eigenvalue weighted by Gasteiger charge is 2.55. The summed E-state index contributed by atoms with van der Waals surface area (Å²) in [6.07, 6.45) is 1.72. The Morgan fingerprint density at radius 1 is 1.20 bits per heavy atom. The van der Waals surface area contributed by atoms with Gasteiger partial charge in [0.1, 0.15) is 17.3 Å². The number of fused-ring (bicyclic) bond motifs is 4. The Labute approximate surface area is 145 Å². The molecule has 6 heteroatoms. The van der Waals surface area contributed by atoms with E-state index >= 15 is 0 Å². The number of aromatic nitrogens is 1. The SMILES string of the molecule is CC(C)(C)n1cc(C#N)c2c1NC(=O)C[C@@]21C(=O)Nc2ccccc21. The lowest BCUT2D eigenvalue weighted by molar-refractivity contribution is -0.125. The van der Waals surface area contributed by atoms with Crippen molar-refractivity contribution in [2.45, 2.75) is 38.1 Å². The van der Waals surface area contributed by atoms with Crippen molar-refractivity contribution in [3.8, 4) is 6.07 Å². The smallest absolute Gasteiger partial charge is 0.240 e. The van der Waals surface area contributed by atoms with Crippen LogP contribution in [-0.4, -0.2) is 16.4 Å². The molecule has 2 aromatic rings. The Morgan fingerprint density at radius 3 is 2.60 bits per heavy atom. The van der Waals surface area contributed by atoms with Crippen LogP contribution in [-0.2, 0) is 20.5 Å². The summed E-state index contributed by atoms with van der Waals surface area (Å²) in [5.74, 6) is 0.0487. The molecule has 0 aliphatic carbocycles. The Hall–Kier alpha value is -3.07. The summed E-state index contributed by atoms with van der Waals surface area (Å²) in [7, 11) is 0. The molecule has 1 spiro atoms.